The highest BCUT2D eigenvalue weighted by Crippen LogP contribution is 2.27. The zero-order valence-electron chi connectivity index (χ0n) is 18.1. The molecule has 1 aromatic heterocycles. The summed E-state index contributed by atoms with van der Waals surface area (Å²) in [5, 5.41) is 8.82. The molecule has 0 saturated carbocycles. The van der Waals surface area contributed by atoms with Gasteiger partial charge in [-0.25, -0.2) is 18.5 Å². The third-order valence-electron chi connectivity index (χ3n) is 5.07. The standard InChI is InChI=1S/C24H24N4O3S2/c1-2-14-28-22-13-12-20(33(25,30)31)15-21(22)27-24(28)32-16-23(29)26-19-10-8-18(9-11-19)17-6-4-3-5-7-17/h3-13,15H,2,14,16H2,1H3,(H,26,29)(H2,25,30,31). The molecule has 3 aromatic carbocycles. The normalized spacial score (nSPS) is 11.6. The maximum atomic E-state index is 12.5. The molecule has 170 valence electrons. The van der Waals surface area contributed by atoms with E-state index in [4.69, 9.17) is 5.14 Å². The van der Waals surface area contributed by atoms with Crippen molar-refractivity contribution in [3.05, 3.63) is 72.8 Å². The summed E-state index contributed by atoms with van der Waals surface area (Å²) in [4.78, 5) is 17.1. The number of carbonyl (C=O) groups excluding carboxylic acids is 1. The number of nitrogens with two attached hydrogens (primary N) is 1. The molecule has 4 rings (SSSR count). The maximum Gasteiger partial charge on any atom is 0.238 e. The molecule has 0 fully saturated rings. The molecule has 3 N–H and O–H groups in total. The van der Waals surface area contributed by atoms with Gasteiger partial charge in [-0.3, -0.25) is 4.79 Å². The van der Waals surface area contributed by atoms with Crippen LogP contribution in [0, 0.1) is 0 Å². The van der Waals surface area contributed by atoms with Crippen molar-refractivity contribution in [3.8, 4) is 11.1 Å². The number of nitrogens with zero attached hydrogens (tertiary/aromatic N) is 2. The molecule has 4 aromatic rings. The largest absolute Gasteiger partial charge is 0.325 e. The number of fused-ring (bicyclic) bond motifs is 1. The topological polar surface area (TPSA) is 107 Å². The van der Waals surface area contributed by atoms with Gasteiger partial charge in [0.2, 0.25) is 15.9 Å². The summed E-state index contributed by atoms with van der Waals surface area (Å²) in [6.07, 6.45) is 0.871. The van der Waals surface area contributed by atoms with E-state index in [2.05, 4.69) is 10.3 Å². The van der Waals surface area contributed by atoms with E-state index in [-0.39, 0.29) is 16.6 Å². The average molecular weight is 481 g/mol. The number of primary sulfonamides is 1. The second-order valence-electron chi connectivity index (χ2n) is 7.52. The monoisotopic (exact) mass is 480 g/mol. The Morgan fingerprint density at radius 3 is 2.39 bits per heavy atom. The first-order valence-corrected chi connectivity index (χ1v) is 13.0. The van der Waals surface area contributed by atoms with Gasteiger partial charge in [0, 0.05) is 12.2 Å². The van der Waals surface area contributed by atoms with Crippen LogP contribution in [0.15, 0.2) is 82.8 Å². The van der Waals surface area contributed by atoms with E-state index < -0.39 is 10.0 Å². The number of aromatic nitrogens is 2. The summed E-state index contributed by atoms with van der Waals surface area (Å²) in [5.41, 5.74) is 4.26. The lowest BCUT2D eigenvalue weighted by molar-refractivity contribution is -0.113. The highest BCUT2D eigenvalue weighted by atomic mass is 32.2. The van der Waals surface area contributed by atoms with Crippen LogP contribution >= 0.6 is 11.8 Å². The second kappa shape index (κ2) is 9.78. The minimum atomic E-state index is -3.81. The number of sulfonamides is 1. The van der Waals surface area contributed by atoms with E-state index >= 15 is 0 Å². The van der Waals surface area contributed by atoms with Crippen LogP contribution in [0.5, 0.6) is 0 Å². The van der Waals surface area contributed by atoms with Crippen LogP contribution in [-0.2, 0) is 21.4 Å². The number of hydrogen-bond acceptors (Lipinski definition) is 5. The van der Waals surface area contributed by atoms with Gasteiger partial charge in [0.05, 0.1) is 21.7 Å². The van der Waals surface area contributed by atoms with Gasteiger partial charge in [0.25, 0.3) is 0 Å². The predicted octanol–water partition coefficient (Wildman–Crippen LogP) is 4.49. The molecule has 9 heteroatoms. The Bertz CT molecular complexity index is 1380. The minimum Gasteiger partial charge on any atom is -0.325 e. The van der Waals surface area contributed by atoms with Crippen molar-refractivity contribution in [1.29, 1.82) is 0 Å². The van der Waals surface area contributed by atoms with Crippen molar-refractivity contribution in [1.82, 2.24) is 9.55 Å². The number of hydrogen-bond donors (Lipinski definition) is 2. The van der Waals surface area contributed by atoms with E-state index in [1.54, 1.807) is 6.07 Å². The number of amides is 1. The molecule has 0 unspecified atom stereocenters. The zero-order valence-corrected chi connectivity index (χ0v) is 19.7. The summed E-state index contributed by atoms with van der Waals surface area (Å²) >= 11 is 1.31. The molecule has 0 aliphatic heterocycles. The molecule has 0 atom stereocenters. The lowest BCUT2D eigenvalue weighted by Crippen LogP contribution is -2.14. The van der Waals surface area contributed by atoms with Gasteiger partial charge in [-0.2, -0.15) is 0 Å². The predicted molar refractivity (Wildman–Crippen MR) is 133 cm³/mol. The Morgan fingerprint density at radius 2 is 1.73 bits per heavy atom. The summed E-state index contributed by atoms with van der Waals surface area (Å²) in [7, 11) is -3.81. The molecule has 0 bridgehead atoms. The third-order valence-corrected chi connectivity index (χ3v) is 6.96. The quantitative estimate of drug-likeness (QED) is 0.361. The number of rotatable bonds is 8. The number of nitrogens with one attached hydrogen (secondary N) is 1. The molecule has 0 aliphatic rings. The van der Waals surface area contributed by atoms with E-state index in [1.807, 2.05) is 66.1 Å². The number of thioether (sulfide) groups is 1. The number of anilines is 1. The van der Waals surface area contributed by atoms with Gasteiger partial charge in [-0.15, -0.1) is 0 Å². The summed E-state index contributed by atoms with van der Waals surface area (Å²) in [6.45, 7) is 2.75. The third kappa shape index (κ3) is 5.44. The lowest BCUT2D eigenvalue weighted by atomic mass is 10.1. The highest BCUT2D eigenvalue weighted by molar-refractivity contribution is 7.99. The molecule has 0 radical (unpaired) electrons. The molecule has 1 heterocycles. The van der Waals surface area contributed by atoms with E-state index in [9.17, 15) is 13.2 Å². The smallest absolute Gasteiger partial charge is 0.238 e. The molecular formula is C24H24N4O3S2. The van der Waals surface area contributed by atoms with Crippen molar-refractivity contribution >= 4 is 44.4 Å². The maximum absolute atomic E-state index is 12.5. The Hall–Kier alpha value is -3.14. The number of aryl methyl sites for hydroxylation is 1. The second-order valence-corrected chi connectivity index (χ2v) is 10.0. The van der Waals surface area contributed by atoms with Crippen LogP contribution in [0.3, 0.4) is 0 Å². The molecule has 0 saturated heterocycles. The molecule has 0 aliphatic carbocycles. The van der Waals surface area contributed by atoms with Gasteiger partial charge in [-0.05, 0) is 47.9 Å². The Kier molecular flexibility index (Phi) is 6.83. The van der Waals surface area contributed by atoms with Crippen LogP contribution in [0.2, 0.25) is 0 Å². The molecular weight excluding hydrogens is 456 g/mol. The Balaban J connectivity index is 1.46. The van der Waals surface area contributed by atoms with E-state index in [0.717, 1.165) is 28.8 Å². The van der Waals surface area contributed by atoms with Crippen LogP contribution in [0.25, 0.3) is 22.2 Å². The SMILES string of the molecule is CCCn1c(SCC(=O)Nc2ccc(-c3ccccc3)cc2)nc2cc(S(N)(=O)=O)ccc21. The number of benzene rings is 3. The van der Waals surface area contributed by atoms with E-state index in [0.29, 0.717) is 17.2 Å². The van der Waals surface area contributed by atoms with Crippen LogP contribution in [-0.4, -0.2) is 29.6 Å². The fourth-order valence-electron chi connectivity index (χ4n) is 3.52. The van der Waals surface area contributed by atoms with Crippen LogP contribution in [0.1, 0.15) is 13.3 Å². The minimum absolute atomic E-state index is 0.0180. The number of carbonyl (C=O) groups is 1. The van der Waals surface area contributed by atoms with Crippen molar-refractivity contribution in [3.63, 3.8) is 0 Å². The first-order valence-electron chi connectivity index (χ1n) is 10.5. The van der Waals surface area contributed by atoms with Crippen LogP contribution < -0.4 is 10.5 Å². The fourth-order valence-corrected chi connectivity index (χ4v) is 4.89. The Labute approximate surface area is 197 Å². The Morgan fingerprint density at radius 1 is 1.03 bits per heavy atom. The van der Waals surface area contributed by atoms with Gasteiger partial charge in [0.1, 0.15) is 0 Å². The molecule has 1 amide bonds. The van der Waals surface area contributed by atoms with E-state index in [1.165, 1.54) is 23.9 Å². The lowest BCUT2D eigenvalue weighted by Gasteiger charge is -2.09. The van der Waals surface area contributed by atoms with Crippen molar-refractivity contribution in [2.45, 2.75) is 29.9 Å². The van der Waals surface area contributed by atoms with Gasteiger partial charge >= 0.3 is 0 Å². The van der Waals surface area contributed by atoms with Gasteiger partial charge in [-0.1, -0.05) is 61.2 Å². The summed E-state index contributed by atoms with van der Waals surface area (Å²) in [6, 6.07) is 22.4. The van der Waals surface area contributed by atoms with Crippen LogP contribution in [0.4, 0.5) is 5.69 Å². The first kappa shape index (κ1) is 23.0. The van der Waals surface area contributed by atoms with Gasteiger partial charge in [0.15, 0.2) is 5.16 Å². The zero-order chi connectivity index (χ0) is 23.4. The van der Waals surface area contributed by atoms with Crippen molar-refractivity contribution < 1.29 is 13.2 Å². The summed E-state index contributed by atoms with van der Waals surface area (Å²) in [5.74, 6) is 0.0305. The van der Waals surface area contributed by atoms with Crippen molar-refractivity contribution in [2.75, 3.05) is 11.1 Å². The molecule has 33 heavy (non-hydrogen) atoms. The average Bonchev–Trinajstić information content (AvgIpc) is 3.15. The highest BCUT2D eigenvalue weighted by Gasteiger charge is 2.16. The molecule has 7 nitrogen and oxygen atoms in total. The van der Waals surface area contributed by atoms with Gasteiger partial charge < -0.3 is 9.88 Å². The fraction of sp³-hybridized carbons (Fsp3) is 0.167. The number of imidazole rings is 1. The summed E-state index contributed by atoms with van der Waals surface area (Å²) < 4.78 is 25.3. The van der Waals surface area contributed by atoms with Crippen molar-refractivity contribution in [2.24, 2.45) is 5.14 Å². The molecule has 0 spiro atoms. The first-order chi connectivity index (χ1) is 15.8.